The van der Waals surface area contributed by atoms with E-state index in [4.69, 9.17) is 21.3 Å². The third kappa shape index (κ3) is 6.45. The number of thioether (sulfide) groups is 1. The summed E-state index contributed by atoms with van der Waals surface area (Å²) in [5.74, 6) is 1.84. The van der Waals surface area contributed by atoms with Crippen LogP contribution in [0.1, 0.15) is 26.2 Å². The number of hydrogen-bond acceptors (Lipinski definition) is 6. The number of nitrogens with zero attached hydrogens (tertiary/aromatic N) is 4. The third-order valence-corrected chi connectivity index (χ3v) is 8.23. The van der Waals surface area contributed by atoms with E-state index >= 15 is 0 Å². The molecule has 1 fully saturated rings. The molecule has 1 aliphatic rings. The molecule has 0 atom stereocenters. The Kier molecular flexibility index (Phi) is 9.29. The summed E-state index contributed by atoms with van der Waals surface area (Å²) < 4.78 is 7.42. The fraction of sp³-hybridized carbons (Fsp3) is 0.323. The van der Waals surface area contributed by atoms with Crippen LogP contribution in [0.3, 0.4) is 0 Å². The van der Waals surface area contributed by atoms with E-state index in [1.54, 1.807) is 22.8 Å². The summed E-state index contributed by atoms with van der Waals surface area (Å²) in [5.41, 5.74) is 2.34. The van der Waals surface area contributed by atoms with E-state index in [9.17, 15) is 9.59 Å². The average molecular weight is 577 g/mol. The van der Waals surface area contributed by atoms with Crippen LogP contribution in [0.15, 0.2) is 82.7 Å². The molecule has 5 rings (SSSR count). The van der Waals surface area contributed by atoms with Crippen molar-refractivity contribution >= 4 is 45.9 Å². The van der Waals surface area contributed by atoms with Crippen LogP contribution >= 0.6 is 23.4 Å². The van der Waals surface area contributed by atoms with Gasteiger partial charge in [0.15, 0.2) is 5.16 Å². The predicted molar refractivity (Wildman–Crippen MR) is 163 cm³/mol. The van der Waals surface area contributed by atoms with Gasteiger partial charge in [-0.05, 0) is 62.2 Å². The summed E-state index contributed by atoms with van der Waals surface area (Å²) in [6, 6.07) is 22.7. The maximum atomic E-state index is 13.4. The van der Waals surface area contributed by atoms with Gasteiger partial charge in [0.25, 0.3) is 5.56 Å². The molecule has 0 aliphatic carbocycles. The summed E-state index contributed by atoms with van der Waals surface area (Å²) >= 11 is 7.76. The number of carbonyl (C=O) groups excluding carboxylic acids is 1. The second-order valence-electron chi connectivity index (χ2n) is 9.61. The van der Waals surface area contributed by atoms with Crippen LogP contribution in [-0.2, 0) is 4.79 Å². The van der Waals surface area contributed by atoms with E-state index in [0.29, 0.717) is 52.9 Å². The number of fused-ring (bicyclic) bond motifs is 1. The fourth-order valence-corrected chi connectivity index (χ4v) is 6.14. The molecule has 1 saturated heterocycles. The first-order chi connectivity index (χ1) is 19.5. The first kappa shape index (κ1) is 28.1. The van der Waals surface area contributed by atoms with Gasteiger partial charge in [-0.2, -0.15) is 0 Å². The molecule has 1 aliphatic heterocycles. The molecule has 40 heavy (non-hydrogen) atoms. The van der Waals surface area contributed by atoms with Crippen molar-refractivity contribution in [3.63, 3.8) is 0 Å². The highest BCUT2D eigenvalue weighted by atomic mass is 35.5. The number of para-hydroxylation sites is 3. The van der Waals surface area contributed by atoms with Gasteiger partial charge in [0.1, 0.15) is 5.75 Å². The summed E-state index contributed by atoms with van der Waals surface area (Å²) in [7, 11) is 0. The average Bonchev–Trinajstić information content (AvgIpc) is 2.97. The Balaban J connectivity index is 1.15. The topological polar surface area (TPSA) is 67.7 Å². The number of piperazine rings is 1. The first-order valence-electron chi connectivity index (χ1n) is 13.7. The highest BCUT2D eigenvalue weighted by Gasteiger charge is 2.22. The molecule has 0 saturated carbocycles. The van der Waals surface area contributed by atoms with Crippen molar-refractivity contribution in [2.45, 2.75) is 31.3 Å². The smallest absolute Gasteiger partial charge is 0.266 e. The van der Waals surface area contributed by atoms with Gasteiger partial charge in [-0.15, -0.1) is 0 Å². The summed E-state index contributed by atoms with van der Waals surface area (Å²) in [5, 5.41) is 1.76. The van der Waals surface area contributed by atoms with Crippen LogP contribution in [0.2, 0.25) is 5.02 Å². The molecule has 0 N–H and O–H groups in total. The third-order valence-electron chi connectivity index (χ3n) is 6.97. The maximum absolute atomic E-state index is 13.4. The molecule has 7 nitrogen and oxygen atoms in total. The van der Waals surface area contributed by atoms with E-state index in [2.05, 4.69) is 11.0 Å². The van der Waals surface area contributed by atoms with Gasteiger partial charge in [0, 0.05) is 43.4 Å². The molecule has 1 amide bonds. The SMILES string of the molecule is CCOc1ccccc1N1CCN(C(=O)CCCCSc2nc3ccccc3c(=O)n2-c2cccc(Cl)c2)CC1. The molecule has 0 spiro atoms. The number of ether oxygens (including phenoxy) is 1. The van der Waals surface area contributed by atoms with Crippen molar-refractivity contribution in [1.82, 2.24) is 14.5 Å². The van der Waals surface area contributed by atoms with Crippen molar-refractivity contribution < 1.29 is 9.53 Å². The van der Waals surface area contributed by atoms with Gasteiger partial charge in [-0.3, -0.25) is 14.2 Å². The molecule has 2 heterocycles. The number of hydrogen-bond donors (Lipinski definition) is 0. The van der Waals surface area contributed by atoms with Gasteiger partial charge >= 0.3 is 0 Å². The van der Waals surface area contributed by atoms with Gasteiger partial charge in [-0.1, -0.05) is 53.7 Å². The number of rotatable bonds is 10. The molecule has 0 unspecified atom stereocenters. The van der Waals surface area contributed by atoms with E-state index in [-0.39, 0.29) is 11.5 Å². The number of unbranched alkanes of at least 4 members (excludes halogenated alkanes) is 1. The first-order valence-corrected chi connectivity index (χ1v) is 15.1. The maximum Gasteiger partial charge on any atom is 0.266 e. The quantitative estimate of drug-likeness (QED) is 0.130. The molecule has 1 aromatic heterocycles. The second kappa shape index (κ2) is 13.2. The Morgan fingerprint density at radius 3 is 2.55 bits per heavy atom. The lowest BCUT2D eigenvalue weighted by Gasteiger charge is -2.36. The van der Waals surface area contributed by atoms with Gasteiger partial charge < -0.3 is 14.5 Å². The monoisotopic (exact) mass is 576 g/mol. The zero-order valence-corrected chi connectivity index (χ0v) is 24.2. The number of amides is 1. The Hall–Kier alpha value is -3.49. The lowest BCUT2D eigenvalue weighted by atomic mass is 10.2. The van der Waals surface area contributed by atoms with Crippen molar-refractivity contribution in [2.24, 2.45) is 0 Å². The largest absolute Gasteiger partial charge is 0.492 e. The Morgan fingerprint density at radius 2 is 1.75 bits per heavy atom. The van der Waals surface area contributed by atoms with Gasteiger partial charge in [0.2, 0.25) is 5.91 Å². The number of aromatic nitrogens is 2. The predicted octanol–water partition coefficient (Wildman–Crippen LogP) is 6.05. The molecule has 9 heteroatoms. The van der Waals surface area contributed by atoms with E-state index in [1.165, 1.54) is 11.8 Å². The fourth-order valence-electron chi connectivity index (χ4n) is 4.94. The van der Waals surface area contributed by atoms with Crippen LogP contribution in [0, 0.1) is 0 Å². The van der Waals surface area contributed by atoms with E-state index in [1.807, 2.05) is 60.4 Å². The normalized spacial score (nSPS) is 13.6. The molecule has 4 aromatic rings. The Morgan fingerprint density at radius 1 is 0.975 bits per heavy atom. The van der Waals surface area contributed by atoms with Crippen molar-refractivity contribution in [1.29, 1.82) is 0 Å². The number of carbonyl (C=O) groups is 1. The zero-order valence-electron chi connectivity index (χ0n) is 22.6. The Labute approximate surface area is 243 Å². The van der Waals surface area contributed by atoms with E-state index < -0.39 is 0 Å². The summed E-state index contributed by atoms with van der Waals surface area (Å²) in [6.07, 6.45) is 2.15. The molecule has 208 valence electrons. The molecule has 3 aromatic carbocycles. The molecule has 0 radical (unpaired) electrons. The molecular weight excluding hydrogens is 544 g/mol. The van der Waals surface area contributed by atoms with Crippen LogP contribution < -0.4 is 15.2 Å². The number of anilines is 1. The highest BCUT2D eigenvalue weighted by molar-refractivity contribution is 7.99. The molecule has 0 bridgehead atoms. The minimum absolute atomic E-state index is 0.117. The standard InChI is InChI=1S/C31H33ClN4O3S/c1-2-39-28-15-6-5-14-27(28)34-17-19-35(20-18-34)29(37)16-7-8-21-40-31-33-26-13-4-3-12-25(26)30(38)36(31)24-11-9-10-23(32)22-24/h3-6,9-15,22H,2,7-8,16-21H2,1H3. The lowest BCUT2D eigenvalue weighted by Crippen LogP contribution is -2.48. The Bertz CT molecular complexity index is 1530. The van der Waals surface area contributed by atoms with Crippen molar-refractivity contribution in [3.8, 4) is 11.4 Å². The number of benzene rings is 3. The van der Waals surface area contributed by atoms with Crippen LogP contribution in [-0.4, -0.2) is 58.9 Å². The second-order valence-corrected chi connectivity index (χ2v) is 11.1. The van der Waals surface area contributed by atoms with Gasteiger partial charge in [-0.25, -0.2) is 4.98 Å². The van der Waals surface area contributed by atoms with Gasteiger partial charge in [0.05, 0.1) is 28.9 Å². The van der Waals surface area contributed by atoms with Crippen LogP contribution in [0.25, 0.3) is 16.6 Å². The van der Waals surface area contributed by atoms with E-state index in [0.717, 1.165) is 43.1 Å². The minimum Gasteiger partial charge on any atom is -0.492 e. The summed E-state index contributed by atoms with van der Waals surface area (Å²) in [4.78, 5) is 35.3. The minimum atomic E-state index is -0.117. The highest BCUT2D eigenvalue weighted by Crippen LogP contribution is 2.29. The van der Waals surface area contributed by atoms with Crippen molar-refractivity contribution in [3.05, 3.63) is 88.2 Å². The van der Waals surface area contributed by atoms with Crippen LogP contribution in [0.4, 0.5) is 5.69 Å². The summed E-state index contributed by atoms with van der Waals surface area (Å²) in [6.45, 7) is 5.62. The zero-order chi connectivity index (χ0) is 27.9. The number of halogens is 1. The molecular formula is C31H33ClN4O3S. The lowest BCUT2D eigenvalue weighted by molar-refractivity contribution is -0.131. The van der Waals surface area contributed by atoms with Crippen LogP contribution in [0.5, 0.6) is 5.75 Å². The van der Waals surface area contributed by atoms with Crippen molar-refractivity contribution in [2.75, 3.05) is 43.4 Å².